The van der Waals surface area contributed by atoms with E-state index in [-0.39, 0.29) is 11.9 Å². The first-order chi connectivity index (χ1) is 11.7. The van der Waals surface area contributed by atoms with Gasteiger partial charge in [-0.15, -0.1) is 0 Å². The monoisotopic (exact) mass is 323 g/mol. The van der Waals surface area contributed by atoms with Crippen molar-refractivity contribution >= 4 is 5.91 Å². The zero-order valence-electron chi connectivity index (χ0n) is 14.5. The number of methoxy groups -OCH3 is 1. The van der Waals surface area contributed by atoms with Crippen molar-refractivity contribution in [3.63, 3.8) is 0 Å². The van der Waals surface area contributed by atoms with E-state index in [1.807, 2.05) is 19.1 Å². The van der Waals surface area contributed by atoms with E-state index in [2.05, 4.69) is 35.6 Å². The number of carbonyl (C=O) groups excluding carboxylic acids is 1. The van der Waals surface area contributed by atoms with Crippen LogP contribution in [0.3, 0.4) is 0 Å². The summed E-state index contributed by atoms with van der Waals surface area (Å²) in [6, 6.07) is 14.7. The molecule has 24 heavy (non-hydrogen) atoms. The third-order valence-corrected chi connectivity index (χ3v) is 4.80. The second-order valence-electron chi connectivity index (χ2n) is 6.52. The van der Waals surface area contributed by atoms with E-state index in [0.717, 1.165) is 37.0 Å². The summed E-state index contributed by atoms with van der Waals surface area (Å²) in [4.78, 5) is 12.4. The number of aryl methyl sites for hydroxylation is 3. The number of hydrogen-bond donors (Lipinski definition) is 1. The Morgan fingerprint density at radius 2 is 2.08 bits per heavy atom. The van der Waals surface area contributed by atoms with E-state index in [4.69, 9.17) is 4.74 Å². The molecule has 3 nitrogen and oxygen atoms in total. The van der Waals surface area contributed by atoms with Gasteiger partial charge >= 0.3 is 0 Å². The van der Waals surface area contributed by atoms with Crippen molar-refractivity contribution in [2.24, 2.45) is 0 Å². The predicted octanol–water partition coefficient (Wildman–Crippen LogP) is 4.13. The normalized spacial score (nSPS) is 16.3. The van der Waals surface area contributed by atoms with Crippen LogP contribution in [0.5, 0.6) is 5.75 Å². The first kappa shape index (κ1) is 16.6. The minimum absolute atomic E-state index is 0.130. The molecule has 0 radical (unpaired) electrons. The quantitative estimate of drug-likeness (QED) is 0.898. The molecule has 0 saturated carbocycles. The molecule has 3 rings (SSSR count). The van der Waals surface area contributed by atoms with Crippen LogP contribution < -0.4 is 10.1 Å². The number of amides is 1. The van der Waals surface area contributed by atoms with Crippen LogP contribution in [0.15, 0.2) is 42.5 Å². The van der Waals surface area contributed by atoms with Gasteiger partial charge in [-0.3, -0.25) is 4.79 Å². The maximum atomic E-state index is 12.4. The lowest BCUT2D eigenvalue weighted by atomic mass is 9.87. The summed E-state index contributed by atoms with van der Waals surface area (Å²) < 4.78 is 5.28. The highest BCUT2D eigenvalue weighted by atomic mass is 16.5. The molecule has 1 aliphatic rings. The molecule has 0 aliphatic heterocycles. The molecule has 0 bridgehead atoms. The standard InChI is InChI=1S/C21H25NO2/c1-15-14-16(10-12-20(15)24-2)11-13-21(23)22-19-9-5-7-17-6-3-4-8-18(17)19/h3-4,6,8,10,12,14,19H,5,7,9,11,13H2,1-2H3,(H,22,23). The van der Waals surface area contributed by atoms with Crippen molar-refractivity contribution in [3.05, 3.63) is 64.7 Å². The first-order valence-electron chi connectivity index (χ1n) is 8.68. The lowest BCUT2D eigenvalue weighted by molar-refractivity contribution is -0.121. The Bertz CT molecular complexity index is 724. The Morgan fingerprint density at radius 1 is 1.25 bits per heavy atom. The third-order valence-electron chi connectivity index (χ3n) is 4.80. The summed E-state index contributed by atoms with van der Waals surface area (Å²) in [7, 11) is 1.68. The van der Waals surface area contributed by atoms with Gasteiger partial charge in [0, 0.05) is 6.42 Å². The summed E-state index contributed by atoms with van der Waals surface area (Å²) in [6.45, 7) is 2.03. The van der Waals surface area contributed by atoms with Crippen molar-refractivity contribution in [1.82, 2.24) is 5.32 Å². The first-order valence-corrected chi connectivity index (χ1v) is 8.68. The smallest absolute Gasteiger partial charge is 0.220 e. The second kappa shape index (κ2) is 7.52. The fourth-order valence-electron chi connectivity index (χ4n) is 3.52. The summed E-state index contributed by atoms with van der Waals surface area (Å²) in [6.07, 6.45) is 4.56. The second-order valence-corrected chi connectivity index (χ2v) is 6.52. The minimum atomic E-state index is 0.130. The number of fused-ring (bicyclic) bond motifs is 1. The molecule has 1 unspecified atom stereocenters. The maximum absolute atomic E-state index is 12.4. The number of rotatable bonds is 5. The van der Waals surface area contributed by atoms with Gasteiger partial charge in [0.05, 0.1) is 13.2 Å². The topological polar surface area (TPSA) is 38.3 Å². The van der Waals surface area contributed by atoms with Crippen molar-refractivity contribution in [3.8, 4) is 5.75 Å². The zero-order valence-corrected chi connectivity index (χ0v) is 14.5. The van der Waals surface area contributed by atoms with Gasteiger partial charge in [0.2, 0.25) is 5.91 Å². The van der Waals surface area contributed by atoms with E-state index < -0.39 is 0 Å². The molecule has 1 amide bonds. The zero-order chi connectivity index (χ0) is 16.9. The van der Waals surface area contributed by atoms with Gasteiger partial charge < -0.3 is 10.1 Å². The Kier molecular flexibility index (Phi) is 5.19. The van der Waals surface area contributed by atoms with E-state index in [1.165, 1.54) is 16.7 Å². The molecule has 0 saturated heterocycles. The van der Waals surface area contributed by atoms with Crippen molar-refractivity contribution in [1.29, 1.82) is 0 Å². The highest BCUT2D eigenvalue weighted by Gasteiger charge is 2.21. The molecular weight excluding hydrogens is 298 g/mol. The molecule has 3 heteroatoms. The summed E-state index contributed by atoms with van der Waals surface area (Å²) in [5.41, 5.74) is 4.95. The van der Waals surface area contributed by atoms with Crippen molar-refractivity contribution < 1.29 is 9.53 Å². The molecule has 2 aromatic rings. The van der Waals surface area contributed by atoms with Crippen LogP contribution in [0.1, 0.15) is 47.6 Å². The van der Waals surface area contributed by atoms with E-state index in [9.17, 15) is 4.79 Å². The molecule has 126 valence electrons. The van der Waals surface area contributed by atoms with Crippen LogP contribution in [0, 0.1) is 6.92 Å². The number of benzene rings is 2. The predicted molar refractivity (Wildman–Crippen MR) is 96.3 cm³/mol. The van der Waals surface area contributed by atoms with Gasteiger partial charge in [-0.25, -0.2) is 0 Å². The Labute approximate surface area is 144 Å². The Hall–Kier alpha value is -2.29. The fourth-order valence-corrected chi connectivity index (χ4v) is 3.52. The Balaban J connectivity index is 1.58. The molecule has 1 atom stereocenters. The molecule has 1 N–H and O–H groups in total. The largest absolute Gasteiger partial charge is 0.496 e. The number of carbonyl (C=O) groups is 1. The van der Waals surface area contributed by atoms with Gasteiger partial charge in [0.1, 0.15) is 5.75 Å². The number of hydrogen-bond acceptors (Lipinski definition) is 2. The lowest BCUT2D eigenvalue weighted by Crippen LogP contribution is -2.31. The van der Waals surface area contributed by atoms with Gasteiger partial charge in [-0.1, -0.05) is 36.4 Å². The third kappa shape index (κ3) is 3.78. The average Bonchev–Trinajstić information content (AvgIpc) is 2.60. The molecule has 0 heterocycles. The molecule has 2 aromatic carbocycles. The molecule has 0 aromatic heterocycles. The Morgan fingerprint density at radius 3 is 2.88 bits per heavy atom. The maximum Gasteiger partial charge on any atom is 0.220 e. The molecular formula is C21H25NO2. The van der Waals surface area contributed by atoms with Gasteiger partial charge in [-0.2, -0.15) is 0 Å². The SMILES string of the molecule is COc1ccc(CCC(=O)NC2CCCc3ccccc32)cc1C. The van der Waals surface area contributed by atoms with Crippen molar-refractivity contribution in [2.45, 2.75) is 45.1 Å². The molecule has 0 spiro atoms. The summed E-state index contributed by atoms with van der Waals surface area (Å²) in [5.74, 6) is 1.02. The van der Waals surface area contributed by atoms with Crippen molar-refractivity contribution in [2.75, 3.05) is 7.11 Å². The van der Waals surface area contributed by atoms with Crippen LogP contribution >= 0.6 is 0 Å². The number of ether oxygens (including phenoxy) is 1. The van der Waals surface area contributed by atoms with Gasteiger partial charge in [-0.05, 0) is 60.9 Å². The highest BCUT2D eigenvalue weighted by Crippen LogP contribution is 2.29. The van der Waals surface area contributed by atoms with Gasteiger partial charge in [0.25, 0.3) is 0 Å². The van der Waals surface area contributed by atoms with Crippen LogP contribution in [-0.4, -0.2) is 13.0 Å². The molecule has 0 fully saturated rings. The fraction of sp³-hybridized carbons (Fsp3) is 0.381. The van der Waals surface area contributed by atoms with Gasteiger partial charge in [0.15, 0.2) is 0 Å². The van der Waals surface area contributed by atoms with Crippen LogP contribution in [-0.2, 0) is 17.6 Å². The highest BCUT2D eigenvalue weighted by molar-refractivity contribution is 5.76. The van der Waals surface area contributed by atoms with Crippen LogP contribution in [0.25, 0.3) is 0 Å². The lowest BCUT2D eigenvalue weighted by Gasteiger charge is -2.26. The summed E-state index contributed by atoms with van der Waals surface area (Å²) >= 11 is 0. The van der Waals surface area contributed by atoms with Crippen LogP contribution in [0.2, 0.25) is 0 Å². The van der Waals surface area contributed by atoms with Crippen LogP contribution in [0.4, 0.5) is 0 Å². The summed E-state index contributed by atoms with van der Waals surface area (Å²) in [5, 5.41) is 3.22. The van der Waals surface area contributed by atoms with E-state index >= 15 is 0 Å². The number of nitrogens with one attached hydrogen (secondary N) is 1. The van der Waals surface area contributed by atoms with E-state index in [1.54, 1.807) is 7.11 Å². The minimum Gasteiger partial charge on any atom is -0.496 e. The molecule has 1 aliphatic carbocycles. The average molecular weight is 323 g/mol. The van der Waals surface area contributed by atoms with E-state index in [0.29, 0.717) is 6.42 Å².